The zero-order valence-electron chi connectivity index (χ0n) is 23.4. The molecule has 0 saturated carbocycles. The van der Waals surface area contributed by atoms with Crippen molar-refractivity contribution in [3.8, 4) is 0 Å². The minimum atomic E-state index is -2.60. The van der Waals surface area contributed by atoms with E-state index in [2.05, 4.69) is 162 Å². The summed E-state index contributed by atoms with van der Waals surface area (Å²) in [4.78, 5) is 0. The molecule has 4 aromatic rings. The third-order valence-electron chi connectivity index (χ3n) is 7.57. The van der Waals surface area contributed by atoms with E-state index in [-0.39, 0.29) is 11.1 Å². The van der Waals surface area contributed by atoms with E-state index in [9.17, 15) is 0 Å². The Morgan fingerprint density at radius 3 is 1.33 bits per heavy atom. The molecule has 0 fully saturated rings. The van der Waals surface area contributed by atoms with E-state index in [0.29, 0.717) is 0 Å². The Morgan fingerprint density at radius 2 is 0.974 bits per heavy atom. The summed E-state index contributed by atoms with van der Waals surface area (Å²) in [6, 6.07) is 39.6. The van der Waals surface area contributed by atoms with E-state index in [1.165, 1.54) is 21.5 Å². The van der Waals surface area contributed by atoms with Gasteiger partial charge in [0.25, 0.3) is 8.32 Å². The lowest BCUT2D eigenvalue weighted by atomic mass is 10.0. The van der Waals surface area contributed by atoms with Gasteiger partial charge in [-0.15, -0.1) is 0 Å². The van der Waals surface area contributed by atoms with Gasteiger partial charge in [0.15, 0.2) is 0 Å². The van der Waals surface area contributed by atoms with Crippen LogP contribution in [0.2, 0.25) is 5.04 Å². The monoisotopic (exact) mass is 662 g/mol. The maximum atomic E-state index is 7.61. The van der Waals surface area contributed by atoms with Crippen LogP contribution in [0.3, 0.4) is 0 Å². The maximum Gasteiger partial charge on any atom is 0.261 e. The molecule has 0 amide bonds. The molecular formula is C35H40Br2OSi. The van der Waals surface area contributed by atoms with Crippen molar-refractivity contribution in [3.63, 3.8) is 0 Å². The number of aryl methyl sites for hydroxylation is 2. The van der Waals surface area contributed by atoms with Crippen molar-refractivity contribution in [1.82, 2.24) is 0 Å². The van der Waals surface area contributed by atoms with Crippen LogP contribution in [-0.2, 0) is 17.3 Å². The van der Waals surface area contributed by atoms with Crippen molar-refractivity contribution in [2.24, 2.45) is 0 Å². The van der Waals surface area contributed by atoms with Crippen molar-refractivity contribution < 1.29 is 4.43 Å². The molecule has 4 aromatic carbocycles. The molecule has 204 valence electrons. The molecule has 0 aromatic heterocycles. The van der Waals surface area contributed by atoms with E-state index in [1.54, 1.807) is 0 Å². The molecule has 0 saturated heterocycles. The molecule has 0 unspecified atom stereocenters. The average Bonchev–Trinajstić information content (AvgIpc) is 2.94. The molecule has 0 spiro atoms. The largest absolute Gasteiger partial charge is 0.404 e. The summed E-state index contributed by atoms with van der Waals surface area (Å²) in [5, 5.41) is 2.69. The van der Waals surface area contributed by atoms with Crippen LogP contribution >= 0.6 is 31.9 Å². The highest BCUT2D eigenvalue weighted by Gasteiger charge is 2.51. The second-order valence-electron chi connectivity index (χ2n) is 11.4. The van der Waals surface area contributed by atoms with Gasteiger partial charge in [0.05, 0.1) is 0 Å². The van der Waals surface area contributed by atoms with Gasteiger partial charge in [0.2, 0.25) is 0 Å². The van der Waals surface area contributed by atoms with E-state index in [4.69, 9.17) is 4.43 Å². The number of hydrogen-bond donors (Lipinski definition) is 0. The molecular weight excluding hydrogens is 624 g/mol. The summed E-state index contributed by atoms with van der Waals surface area (Å²) < 4.78 is 9.88. The predicted octanol–water partition coefficient (Wildman–Crippen LogP) is 9.50. The fourth-order valence-corrected chi connectivity index (χ4v) is 10.9. The van der Waals surface area contributed by atoms with E-state index < -0.39 is 8.32 Å². The molecule has 0 aliphatic heterocycles. The van der Waals surface area contributed by atoms with Crippen molar-refractivity contribution in [2.75, 3.05) is 0 Å². The van der Waals surface area contributed by atoms with Gasteiger partial charge in [-0.1, -0.05) is 138 Å². The first-order valence-electron chi connectivity index (χ1n) is 14.1. The summed E-state index contributed by atoms with van der Waals surface area (Å²) in [6.07, 6.45) is 6.68. The van der Waals surface area contributed by atoms with Gasteiger partial charge in [0.1, 0.15) is 0 Å². The third kappa shape index (κ3) is 8.04. The topological polar surface area (TPSA) is 9.23 Å². The van der Waals surface area contributed by atoms with Gasteiger partial charge in [-0.25, -0.2) is 0 Å². The van der Waals surface area contributed by atoms with Crippen LogP contribution in [0.5, 0.6) is 0 Å². The van der Waals surface area contributed by atoms with Crippen LogP contribution in [0.15, 0.2) is 118 Å². The van der Waals surface area contributed by atoms with Crippen LogP contribution in [-0.4, -0.2) is 14.4 Å². The summed E-state index contributed by atoms with van der Waals surface area (Å²) in [6.45, 7) is 7.12. The van der Waals surface area contributed by atoms with Gasteiger partial charge in [-0.2, -0.15) is 0 Å². The SMILES string of the molecule is CC(C)(C)[Si](OC(CCCc1ccc(Br)cc1)CCCc1ccc(Br)cc1)(c1ccccc1)c1ccccc1. The normalized spacial score (nSPS) is 12.2. The van der Waals surface area contributed by atoms with Crippen molar-refractivity contribution >= 4 is 50.6 Å². The summed E-state index contributed by atoms with van der Waals surface area (Å²) in [7, 11) is -2.60. The smallest absolute Gasteiger partial charge is 0.261 e. The number of hydrogen-bond acceptors (Lipinski definition) is 1. The number of benzene rings is 4. The Hall–Kier alpha value is -1.98. The molecule has 4 heteroatoms. The quantitative estimate of drug-likeness (QED) is 0.137. The first-order chi connectivity index (χ1) is 18.8. The summed E-state index contributed by atoms with van der Waals surface area (Å²) in [5.41, 5.74) is 2.77. The summed E-state index contributed by atoms with van der Waals surface area (Å²) >= 11 is 7.13. The van der Waals surface area contributed by atoms with Crippen molar-refractivity contribution in [2.45, 2.75) is 70.4 Å². The Balaban J connectivity index is 1.62. The minimum Gasteiger partial charge on any atom is -0.404 e. The molecule has 0 aliphatic carbocycles. The van der Waals surface area contributed by atoms with Crippen LogP contribution in [0.4, 0.5) is 0 Å². The van der Waals surface area contributed by atoms with Gasteiger partial charge in [-0.3, -0.25) is 0 Å². The second kappa shape index (κ2) is 14.1. The molecule has 0 bridgehead atoms. The van der Waals surface area contributed by atoms with Gasteiger partial charge in [-0.05, 0) is 89.3 Å². The van der Waals surface area contributed by atoms with E-state index in [1.807, 2.05) is 0 Å². The Bertz CT molecular complexity index is 1180. The molecule has 0 atom stereocenters. The van der Waals surface area contributed by atoms with E-state index in [0.717, 1.165) is 47.5 Å². The Kier molecular flexibility index (Phi) is 10.8. The highest BCUT2D eigenvalue weighted by molar-refractivity contribution is 9.10. The summed E-state index contributed by atoms with van der Waals surface area (Å²) in [5.74, 6) is 0. The lowest BCUT2D eigenvalue weighted by Gasteiger charge is -2.45. The lowest BCUT2D eigenvalue weighted by molar-refractivity contribution is 0.162. The first kappa shape index (κ1) is 30.0. The standard InChI is InChI=1S/C35H40Br2OSi/c1-35(2,3)39(33-16-6-4-7-17-33,34-18-8-5-9-19-34)38-32(14-10-12-28-20-24-30(36)25-21-28)15-11-13-29-22-26-31(37)27-23-29/h4-9,16-27,32H,10-15H2,1-3H3. The predicted molar refractivity (Wildman–Crippen MR) is 177 cm³/mol. The molecule has 0 N–H and O–H groups in total. The lowest BCUT2D eigenvalue weighted by Crippen LogP contribution is -2.67. The van der Waals surface area contributed by atoms with Crippen molar-refractivity contribution in [1.29, 1.82) is 0 Å². The highest BCUT2D eigenvalue weighted by Crippen LogP contribution is 2.38. The maximum absolute atomic E-state index is 7.61. The van der Waals surface area contributed by atoms with E-state index >= 15 is 0 Å². The average molecular weight is 665 g/mol. The minimum absolute atomic E-state index is 0.0224. The fraction of sp³-hybridized carbons (Fsp3) is 0.314. The highest BCUT2D eigenvalue weighted by atomic mass is 79.9. The zero-order valence-corrected chi connectivity index (χ0v) is 27.5. The molecule has 4 rings (SSSR count). The Labute approximate surface area is 253 Å². The van der Waals surface area contributed by atoms with Gasteiger partial charge < -0.3 is 4.43 Å². The Morgan fingerprint density at radius 1 is 0.590 bits per heavy atom. The number of halogens is 2. The molecule has 0 heterocycles. The van der Waals surface area contributed by atoms with Crippen LogP contribution in [0, 0.1) is 0 Å². The first-order valence-corrected chi connectivity index (χ1v) is 17.5. The molecule has 0 aliphatic rings. The van der Waals surface area contributed by atoms with Crippen molar-refractivity contribution in [3.05, 3.63) is 129 Å². The third-order valence-corrected chi connectivity index (χ3v) is 13.7. The van der Waals surface area contributed by atoms with Crippen LogP contribution in [0.1, 0.15) is 57.6 Å². The van der Waals surface area contributed by atoms with Gasteiger partial charge in [0, 0.05) is 15.0 Å². The fourth-order valence-electron chi connectivity index (χ4n) is 5.57. The molecule has 39 heavy (non-hydrogen) atoms. The number of rotatable bonds is 12. The van der Waals surface area contributed by atoms with Crippen LogP contribution < -0.4 is 10.4 Å². The zero-order chi connectivity index (χ0) is 27.7. The molecule has 1 nitrogen and oxygen atoms in total. The second-order valence-corrected chi connectivity index (χ2v) is 17.5. The van der Waals surface area contributed by atoms with Gasteiger partial charge >= 0.3 is 0 Å². The molecule has 0 radical (unpaired) electrons. The van der Waals surface area contributed by atoms with Crippen LogP contribution in [0.25, 0.3) is 0 Å².